The minimum absolute atomic E-state index is 0.325. The fourth-order valence-corrected chi connectivity index (χ4v) is 15.0. The molecule has 302 valence electrons. The van der Waals surface area contributed by atoms with Crippen molar-refractivity contribution in [3.8, 4) is 0 Å². The van der Waals surface area contributed by atoms with Crippen LogP contribution in [0.2, 0.25) is 0 Å². The van der Waals surface area contributed by atoms with Crippen LogP contribution in [0.5, 0.6) is 0 Å². The number of benzene rings is 1. The van der Waals surface area contributed by atoms with Crippen LogP contribution in [0.15, 0.2) is 149 Å². The third-order valence-corrected chi connectivity index (χ3v) is 17.7. The Bertz CT molecular complexity index is 2350. The van der Waals surface area contributed by atoms with Crippen molar-refractivity contribution in [2.45, 2.75) is 127 Å². The lowest BCUT2D eigenvalue weighted by Crippen LogP contribution is -2.50. The van der Waals surface area contributed by atoms with Gasteiger partial charge in [0.05, 0.1) is 18.2 Å². The van der Waals surface area contributed by atoms with Crippen molar-refractivity contribution in [1.82, 2.24) is 4.90 Å². The summed E-state index contributed by atoms with van der Waals surface area (Å²) in [4.78, 5) is 4.50. The third kappa shape index (κ3) is 6.51. The van der Waals surface area contributed by atoms with Crippen molar-refractivity contribution < 1.29 is 4.74 Å². The van der Waals surface area contributed by atoms with E-state index in [2.05, 4.69) is 126 Å². The molecule has 9 aliphatic carbocycles. The minimum atomic E-state index is 0.325. The van der Waals surface area contributed by atoms with Crippen LogP contribution in [0.3, 0.4) is 0 Å². The molecule has 1 saturated heterocycles. The summed E-state index contributed by atoms with van der Waals surface area (Å²) >= 11 is 1.97. The van der Waals surface area contributed by atoms with Crippen LogP contribution in [-0.4, -0.2) is 29.2 Å². The number of allylic oxidation sites excluding steroid dienone is 16. The summed E-state index contributed by atoms with van der Waals surface area (Å²) in [6.45, 7) is 0. The molecule has 1 aromatic heterocycles. The molecule has 1 aliphatic heterocycles. The van der Waals surface area contributed by atoms with Crippen LogP contribution < -0.4 is 0 Å². The second-order valence-corrected chi connectivity index (χ2v) is 20.6. The summed E-state index contributed by atoms with van der Waals surface area (Å²) in [7, 11) is 0. The molecule has 0 bridgehead atoms. The molecule has 3 heteroatoms. The summed E-state index contributed by atoms with van der Waals surface area (Å²) < 4.78 is 8.42. The predicted molar refractivity (Wildman–Crippen MR) is 247 cm³/mol. The van der Waals surface area contributed by atoms with Gasteiger partial charge in [-0.25, -0.2) is 0 Å². The SMILES string of the molecule is C1=CCC(C2=CCCC3C2OC2CCC([C@@H]4CC=C(N(C5C=CC(C6CC=Cc7sc8ccccc8c76)=CC5)C5C[C@@H]6CCC=CC6=C6C=CCC[C@@H]65)CC4)=CC23)C=C1. The zero-order valence-electron chi connectivity index (χ0n) is 34.8. The predicted octanol–water partition coefficient (Wildman–Crippen LogP) is 14.2. The van der Waals surface area contributed by atoms with Crippen LogP contribution in [0.25, 0.3) is 16.2 Å². The quantitative estimate of drug-likeness (QED) is 0.270. The molecule has 0 radical (unpaired) electrons. The number of nitrogens with zero attached hydrogens (tertiary/aromatic N) is 1. The van der Waals surface area contributed by atoms with Crippen LogP contribution >= 0.6 is 11.3 Å². The molecule has 1 fully saturated rings. The van der Waals surface area contributed by atoms with Gasteiger partial charge in [0.25, 0.3) is 0 Å². The zero-order valence-corrected chi connectivity index (χ0v) is 35.6. The Morgan fingerprint density at radius 1 is 0.712 bits per heavy atom. The molecule has 2 aromatic rings. The number of hydrogen-bond donors (Lipinski definition) is 0. The molecule has 10 aliphatic rings. The first-order valence-electron chi connectivity index (χ1n) is 23.7. The fourth-order valence-electron chi connectivity index (χ4n) is 13.8. The van der Waals surface area contributed by atoms with E-state index in [0.29, 0.717) is 65.7 Å². The number of ether oxygens (including phenoxy) is 1. The smallest absolute Gasteiger partial charge is 0.0829 e. The van der Waals surface area contributed by atoms with Gasteiger partial charge in [0, 0.05) is 45.0 Å². The monoisotopic (exact) mass is 795 g/mol. The summed E-state index contributed by atoms with van der Waals surface area (Å²) in [6.07, 6.45) is 59.1. The van der Waals surface area contributed by atoms with Gasteiger partial charge in [0.1, 0.15) is 0 Å². The number of thiophene rings is 1. The average Bonchev–Trinajstić information content (AvgIpc) is 3.88. The van der Waals surface area contributed by atoms with Gasteiger partial charge in [-0.05, 0) is 159 Å². The Labute approximate surface area is 357 Å². The van der Waals surface area contributed by atoms with Gasteiger partial charge in [0.2, 0.25) is 0 Å². The Morgan fingerprint density at radius 2 is 1.64 bits per heavy atom. The van der Waals surface area contributed by atoms with E-state index in [9.17, 15) is 0 Å². The van der Waals surface area contributed by atoms with Crippen LogP contribution in [-0.2, 0) is 4.74 Å². The fraction of sp³-hybridized carbons (Fsp3) is 0.464. The van der Waals surface area contributed by atoms with Crippen molar-refractivity contribution in [3.05, 3.63) is 159 Å². The Morgan fingerprint density at radius 3 is 2.53 bits per heavy atom. The van der Waals surface area contributed by atoms with Gasteiger partial charge in [-0.1, -0.05) is 115 Å². The van der Waals surface area contributed by atoms with E-state index < -0.39 is 0 Å². The van der Waals surface area contributed by atoms with Crippen molar-refractivity contribution in [3.63, 3.8) is 0 Å². The normalized spacial score (nSPS) is 36.8. The van der Waals surface area contributed by atoms with Crippen molar-refractivity contribution in [2.75, 3.05) is 0 Å². The maximum Gasteiger partial charge on any atom is 0.0829 e. The van der Waals surface area contributed by atoms with Crippen LogP contribution in [0.4, 0.5) is 0 Å². The molecule has 11 atom stereocenters. The highest BCUT2D eigenvalue weighted by Crippen LogP contribution is 2.53. The lowest BCUT2D eigenvalue weighted by Gasteiger charge is -2.51. The highest BCUT2D eigenvalue weighted by molar-refractivity contribution is 7.20. The number of fused-ring (bicyclic) bond motifs is 8. The summed E-state index contributed by atoms with van der Waals surface area (Å²) in [5.74, 6) is 4.23. The van der Waals surface area contributed by atoms with Crippen LogP contribution in [0.1, 0.15) is 113 Å². The molecule has 8 unspecified atom stereocenters. The van der Waals surface area contributed by atoms with Gasteiger partial charge in [-0.2, -0.15) is 0 Å². The Hall–Kier alpha value is -3.92. The number of hydrogen-bond acceptors (Lipinski definition) is 3. The van der Waals surface area contributed by atoms with E-state index >= 15 is 0 Å². The second-order valence-electron chi connectivity index (χ2n) is 19.5. The summed E-state index contributed by atoms with van der Waals surface area (Å²) in [6, 6.07) is 10.1. The first kappa shape index (κ1) is 36.9. The molecule has 0 saturated carbocycles. The maximum absolute atomic E-state index is 7.00. The second kappa shape index (κ2) is 15.5. The van der Waals surface area contributed by atoms with Crippen molar-refractivity contribution >= 4 is 27.5 Å². The standard InChI is InChI=1S/C56H61NOS/c1-2-12-37(13-3-1)45-20-10-21-48-50-34-39(28-33-52(50)58-56(45)48)36-24-29-41(30-25-36)57(51-35-40-14-4-5-15-43(40)46-16-6-7-17-47(46)51)42-31-26-38(27-32-42)44-19-11-23-54-55(44)49-18-8-9-22-53(49)59-54/h1-3,5-6,8-9,11-12,15-16,18,20,22-23,26-27,29,31,34,36-37,40,42,44,47-48,50-52,56H,4,7,10,13-14,17,19,21,24-25,28,30,32-33,35H2/t36-,37?,40+,42?,44?,47+,48?,50?,51?,52?,56?/m1/s1. The van der Waals surface area contributed by atoms with Gasteiger partial charge in [-0.3, -0.25) is 0 Å². The molecular formula is C56H61NOS. The van der Waals surface area contributed by atoms with Crippen LogP contribution in [0, 0.1) is 35.5 Å². The number of rotatable bonds is 6. The summed E-state index contributed by atoms with van der Waals surface area (Å²) in [5.41, 5.74) is 11.4. The van der Waals surface area contributed by atoms with E-state index in [0.717, 1.165) is 19.3 Å². The lowest BCUT2D eigenvalue weighted by molar-refractivity contribution is 0.0379. The van der Waals surface area contributed by atoms with Crippen molar-refractivity contribution in [1.29, 1.82) is 0 Å². The van der Waals surface area contributed by atoms with E-state index in [1.165, 1.54) is 97.6 Å². The van der Waals surface area contributed by atoms with E-state index in [1.807, 2.05) is 11.3 Å². The van der Waals surface area contributed by atoms with Gasteiger partial charge in [0.15, 0.2) is 0 Å². The molecule has 1 aromatic carbocycles. The van der Waals surface area contributed by atoms with Crippen molar-refractivity contribution in [2.24, 2.45) is 35.5 Å². The molecule has 0 N–H and O–H groups in total. The van der Waals surface area contributed by atoms with Gasteiger partial charge < -0.3 is 9.64 Å². The first-order chi connectivity index (χ1) is 29.2. The highest BCUT2D eigenvalue weighted by Gasteiger charge is 2.48. The third-order valence-electron chi connectivity index (χ3n) is 16.6. The molecule has 2 heterocycles. The van der Waals surface area contributed by atoms with E-state index in [4.69, 9.17) is 4.74 Å². The molecule has 59 heavy (non-hydrogen) atoms. The zero-order chi connectivity index (χ0) is 38.9. The minimum Gasteiger partial charge on any atom is -0.370 e. The summed E-state index contributed by atoms with van der Waals surface area (Å²) in [5, 5.41) is 1.46. The lowest BCUT2D eigenvalue weighted by atomic mass is 9.66. The maximum atomic E-state index is 7.00. The largest absolute Gasteiger partial charge is 0.370 e. The van der Waals surface area contributed by atoms with Gasteiger partial charge in [-0.15, -0.1) is 11.3 Å². The molecule has 0 spiro atoms. The highest BCUT2D eigenvalue weighted by atomic mass is 32.1. The molecule has 0 amide bonds. The average molecular weight is 796 g/mol. The van der Waals surface area contributed by atoms with Gasteiger partial charge >= 0.3 is 0 Å². The topological polar surface area (TPSA) is 12.5 Å². The Kier molecular flexibility index (Phi) is 9.71. The molecule has 2 nitrogen and oxygen atoms in total. The Balaban J connectivity index is 0.825. The first-order valence-corrected chi connectivity index (χ1v) is 24.6. The molecular weight excluding hydrogens is 735 g/mol. The van der Waals surface area contributed by atoms with E-state index in [-0.39, 0.29) is 0 Å². The molecule has 12 rings (SSSR count). The van der Waals surface area contributed by atoms with E-state index in [1.54, 1.807) is 33.6 Å².